The number of hydrogen-bond acceptors (Lipinski definition) is 6. The van der Waals surface area contributed by atoms with Crippen molar-refractivity contribution >= 4 is 58.3 Å². The maximum atomic E-state index is 12.4. The monoisotopic (exact) mass is 928 g/mol. The summed E-state index contributed by atoms with van der Waals surface area (Å²) in [5.74, 6) is 1.08. The molecule has 0 atom stereocenters. The van der Waals surface area contributed by atoms with Crippen LogP contribution in [0.1, 0.15) is 43.5 Å². The molecule has 0 spiro atoms. The summed E-state index contributed by atoms with van der Waals surface area (Å²) in [6, 6.07) is 23.1. The van der Waals surface area contributed by atoms with E-state index in [4.69, 9.17) is 19.4 Å². The van der Waals surface area contributed by atoms with Crippen LogP contribution in [-0.2, 0) is 54.7 Å². The van der Waals surface area contributed by atoms with E-state index < -0.39 is 11.9 Å². The van der Waals surface area contributed by atoms with Gasteiger partial charge in [-0.15, -0.1) is 0 Å². The van der Waals surface area contributed by atoms with Crippen LogP contribution in [0.15, 0.2) is 97.6 Å². The molecule has 0 unspecified atom stereocenters. The van der Waals surface area contributed by atoms with Crippen molar-refractivity contribution in [2.24, 2.45) is 28.2 Å². The minimum Gasteiger partial charge on any atom is -1.00 e. The standard InChI is InChI=1S/C46H39N8O4.3ClH.Mn/c1-51-23-24-52(2)43(51)41-35-19-15-31(47-35)39(27-7-11-29(12-8-27)45(55)57-5)33-17-21-37(49-33)42(44-53(3)25-26-54(44)4)38-22-18-34(50-38)40(32-16-20-36(41)48-32)28-9-13-30(14-10-28)46(56)58-6;;;;/h7-26H,1-6H3,(H,47,48,49,50);3*1H;/q+1;;;;/p-2. The van der Waals surface area contributed by atoms with Crippen LogP contribution in [0.3, 0.4) is 0 Å². The van der Waals surface area contributed by atoms with Gasteiger partial charge >= 0.3 is 11.9 Å². The van der Waals surface area contributed by atoms with Crippen LogP contribution in [-0.4, -0.2) is 55.2 Å². The summed E-state index contributed by atoms with van der Waals surface area (Å²) in [5.41, 5.74) is 12.6. The molecule has 16 heteroatoms. The van der Waals surface area contributed by atoms with Crippen molar-refractivity contribution in [2.75, 3.05) is 14.2 Å². The molecule has 2 N–H and O–H groups in total. The number of imidazole rings is 2. The fourth-order valence-electron chi connectivity index (χ4n) is 7.95. The van der Waals surface area contributed by atoms with Gasteiger partial charge in [0, 0.05) is 39.2 Å². The van der Waals surface area contributed by atoms with E-state index in [1.165, 1.54) is 14.2 Å². The van der Waals surface area contributed by atoms with Gasteiger partial charge in [-0.3, -0.25) is 0 Å². The van der Waals surface area contributed by atoms with Crippen LogP contribution in [0.4, 0.5) is 0 Å². The molecule has 0 saturated heterocycles. The second-order valence-corrected chi connectivity index (χ2v) is 14.3. The number of ether oxygens (including phenoxy) is 2. The van der Waals surface area contributed by atoms with Crippen LogP contribution in [0, 0.1) is 0 Å². The third-order valence-corrected chi connectivity index (χ3v) is 10.8. The Morgan fingerprint density at radius 2 is 0.823 bits per heavy atom. The molecule has 0 amide bonds. The Balaban J connectivity index is 0.00000181. The number of benzene rings is 2. The molecule has 62 heavy (non-hydrogen) atoms. The fraction of sp³-hybridized carbons (Fsp3) is 0.130. The number of aromatic amines is 2. The number of H-pyrrole nitrogens is 2. The maximum absolute atomic E-state index is 12.4. The number of carbonyl (C=O) groups excluding carboxylic acids is 2. The molecule has 5 aromatic heterocycles. The first kappa shape index (κ1) is 46.8. The van der Waals surface area contributed by atoms with Crippen molar-refractivity contribution in [1.82, 2.24) is 29.1 Å². The van der Waals surface area contributed by atoms with Gasteiger partial charge in [0.05, 0.1) is 87.3 Å². The van der Waals surface area contributed by atoms with Gasteiger partial charge in [-0.1, -0.05) is 24.3 Å². The Labute approximate surface area is 386 Å². The molecule has 2 aliphatic rings. The molecule has 317 valence electrons. The minimum atomic E-state index is -0.403. The number of rotatable bonds is 6. The number of aromatic nitrogens is 8. The molecule has 7 aromatic rings. The van der Waals surface area contributed by atoms with E-state index in [2.05, 4.69) is 52.5 Å². The zero-order valence-electron chi connectivity index (χ0n) is 34.4. The van der Waals surface area contributed by atoms with Crippen LogP contribution in [0.2, 0.25) is 0 Å². The van der Waals surface area contributed by atoms with Crippen molar-refractivity contribution in [3.8, 4) is 45.0 Å². The van der Waals surface area contributed by atoms with Gasteiger partial charge in [-0.05, 0) is 84.0 Å². The van der Waals surface area contributed by atoms with Crippen LogP contribution >= 0.6 is 0 Å². The third-order valence-electron chi connectivity index (χ3n) is 10.8. The Morgan fingerprint density at radius 1 is 0.516 bits per heavy atom. The number of methoxy groups -OCH3 is 2. The zero-order valence-corrected chi connectivity index (χ0v) is 37.8. The Bertz CT molecular complexity index is 2830. The molecule has 2 aliphatic heterocycles. The van der Waals surface area contributed by atoms with Crippen molar-refractivity contribution in [3.63, 3.8) is 0 Å². The number of esters is 2. The molecule has 0 fully saturated rings. The molecule has 9 rings (SSSR count). The molecule has 0 saturated carbocycles. The van der Waals surface area contributed by atoms with E-state index >= 15 is 0 Å². The Hall–Kier alpha value is -6.21. The number of nitrogens with zero attached hydrogens (tertiary/aromatic N) is 6. The van der Waals surface area contributed by atoms with Gasteiger partial charge in [0.25, 0.3) is 11.6 Å². The predicted octanol–water partition coefficient (Wildman–Crippen LogP) is -1.77. The second-order valence-electron chi connectivity index (χ2n) is 14.3. The van der Waals surface area contributed by atoms with Crippen molar-refractivity contribution in [2.45, 2.75) is 0 Å². The summed E-state index contributed by atoms with van der Waals surface area (Å²) in [6.45, 7) is 0. The summed E-state index contributed by atoms with van der Waals surface area (Å²) in [6.07, 6.45) is 16.3. The number of halogens is 3. The average molecular weight is 930 g/mol. The SMILES string of the molecule is COC(=O)c1ccc(-c2c3nc(c(-c4n(C)cc[n+]4C)c4ccc([nH]4)c(-c4ccc(C(=O)OC)cc4)c4nc(c(-c5n(C)cc[n+]5C)c5ccc2[nH]5)C=C4)C=C3)cc1.[Cl-].[Cl-].[Cl-].[Mn]. The first-order chi connectivity index (χ1) is 28.1. The van der Waals surface area contributed by atoms with Gasteiger partial charge in [-0.25, -0.2) is 37.8 Å². The summed E-state index contributed by atoms with van der Waals surface area (Å²) in [7, 11) is 10.8. The summed E-state index contributed by atoms with van der Waals surface area (Å²) in [5, 5.41) is 0. The molecule has 1 radical (unpaired) electrons. The molecule has 0 aliphatic carbocycles. The molecule has 8 bridgehead atoms. The smallest absolute Gasteiger partial charge is 0.337 e. The third kappa shape index (κ3) is 8.13. The van der Waals surface area contributed by atoms with Crippen LogP contribution in [0.25, 0.3) is 91.4 Å². The quantitative estimate of drug-likeness (QED) is 0.116. The second kappa shape index (κ2) is 18.8. The largest absolute Gasteiger partial charge is 1.00 e. The molecular formula is C46H40Cl3MnN8O4-. The fourth-order valence-corrected chi connectivity index (χ4v) is 7.95. The first-order valence-corrected chi connectivity index (χ1v) is 18.7. The number of aryl methyl sites for hydroxylation is 4. The number of nitrogens with one attached hydrogen (secondary N) is 2. The van der Waals surface area contributed by atoms with Crippen LogP contribution < -0.4 is 46.4 Å². The van der Waals surface area contributed by atoms with Gasteiger partial charge in [0.1, 0.15) is 35.9 Å². The zero-order chi connectivity index (χ0) is 40.2. The van der Waals surface area contributed by atoms with Gasteiger partial charge < -0.3 is 56.7 Å². The first-order valence-electron chi connectivity index (χ1n) is 18.7. The summed E-state index contributed by atoms with van der Waals surface area (Å²) < 4.78 is 18.3. The number of carbonyl (C=O) groups is 2. The summed E-state index contributed by atoms with van der Waals surface area (Å²) >= 11 is 0. The van der Waals surface area contributed by atoms with Gasteiger partial charge in [0.2, 0.25) is 0 Å². The number of fused-ring (bicyclic) bond motifs is 8. The van der Waals surface area contributed by atoms with Crippen molar-refractivity contribution < 1.29 is 82.5 Å². The van der Waals surface area contributed by atoms with Crippen LogP contribution in [0.5, 0.6) is 0 Å². The van der Waals surface area contributed by atoms with Crippen molar-refractivity contribution in [3.05, 3.63) is 131 Å². The molecular weight excluding hydrogens is 890 g/mol. The van der Waals surface area contributed by atoms with E-state index in [1.807, 2.05) is 102 Å². The molecule has 2 aromatic carbocycles. The van der Waals surface area contributed by atoms with E-state index in [0.717, 1.165) is 89.9 Å². The topological polar surface area (TPSA) is 128 Å². The Kier molecular flexibility index (Phi) is 14.2. The van der Waals surface area contributed by atoms with Gasteiger partial charge in [0.15, 0.2) is 0 Å². The van der Waals surface area contributed by atoms with Crippen molar-refractivity contribution in [1.29, 1.82) is 0 Å². The van der Waals surface area contributed by atoms with E-state index in [0.29, 0.717) is 11.1 Å². The summed E-state index contributed by atoms with van der Waals surface area (Å²) in [4.78, 5) is 43.1. The molecule has 7 heterocycles. The average Bonchev–Trinajstić information content (AvgIpc) is 4.12. The normalized spacial score (nSPS) is 11.2. The number of hydrogen-bond donors (Lipinski definition) is 2. The van der Waals surface area contributed by atoms with E-state index in [-0.39, 0.29) is 54.3 Å². The van der Waals surface area contributed by atoms with E-state index in [9.17, 15) is 9.59 Å². The van der Waals surface area contributed by atoms with Gasteiger partial charge in [-0.2, -0.15) is 0 Å². The minimum absolute atomic E-state index is 0. The Morgan fingerprint density at radius 3 is 1.11 bits per heavy atom. The predicted molar refractivity (Wildman–Crippen MR) is 224 cm³/mol. The molecule has 12 nitrogen and oxygen atoms in total. The van der Waals surface area contributed by atoms with E-state index in [1.54, 1.807) is 24.3 Å². The maximum Gasteiger partial charge on any atom is 0.337 e.